The number of carbonyl (C=O) groups excluding carboxylic acids is 2. The van der Waals surface area contributed by atoms with Gasteiger partial charge in [0.05, 0.1) is 13.2 Å². The van der Waals surface area contributed by atoms with E-state index in [9.17, 15) is 9.59 Å². The maximum absolute atomic E-state index is 12.0. The molecular formula is C21H39N3O5. The molecule has 0 spiro atoms. The highest BCUT2D eigenvalue weighted by atomic mass is 16.6. The van der Waals surface area contributed by atoms with Crippen molar-refractivity contribution in [3.63, 3.8) is 0 Å². The van der Waals surface area contributed by atoms with Crippen LogP contribution in [0.25, 0.3) is 0 Å². The van der Waals surface area contributed by atoms with Crippen LogP contribution >= 0.6 is 0 Å². The minimum absolute atomic E-state index is 0.0393. The largest absolute Gasteiger partial charge is 0.489 e. The summed E-state index contributed by atoms with van der Waals surface area (Å²) in [5.74, 6) is 0.333. The summed E-state index contributed by atoms with van der Waals surface area (Å²) in [6, 6.07) is 6.85. The van der Waals surface area contributed by atoms with Gasteiger partial charge in [-0.15, -0.1) is 0 Å². The molecule has 1 aromatic rings. The fourth-order valence-corrected chi connectivity index (χ4v) is 1.83. The van der Waals surface area contributed by atoms with E-state index in [1.54, 1.807) is 24.3 Å². The van der Waals surface area contributed by atoms with Crippen LogP contribution < -0.4 is 21.1 Å². The Labute approximate surface area is 175 Å². The van der Waals surface area contributed by atoms with Crippen LogP contribution in [0.1, 0.15) is 45.0 Å². The molecule has 1 aromatic carbocycles. The number of Topliss-reactive ketones (excluding diaryl/α,β-unsaturated/α-hetero) is 1. The number of nitrogens with one attached hydrogen (secondary N) is 2. The van der Waals surface area contributed by atoms with Gasteiger partial charge in [-0.3, -0.25) is 9.59 Å². The van der Waals surface area contributed by atoms with Crippen LogP contribution in [0.15, 0.2) is 24.3 Å². The molecule has 0 bridgehead atoms. The fraction of sp³-hybridized carbons (Fsp3) is 0.619. The van der Waals surface area contributed by atoms with E-state index < -0.39 is 6.23 Å². The summed E-state index contributed by atoms with van der Waals surface area (Å²) >= 11 is 0. The number of amides is 1. The Morgan fingerprint density at radius 1 is 1.10 bits per heavy atom. The number of rotatable bonds is 13. The van der Waals surface area contributed by atoms with Gasteiger partial charge in [-0.05, 0) is 32.2 Å². The molecule has 29 heavy (non-hydrogen) atoms. The number of ketones is 1. The lowest BCUT2D eigenvalue weighted by Gasteiger charge is -2.14. The van der Waals surface area contributed by atoms with Gasteiger partial charge in [-0.2, -0.15) is 0 Å². The molecule has 168 valence electrons. The maximum atomic E-state index is 12.0. The normalized spacial score (nSPS) is 10.6. The van der Waals surface area contributed by atoms with Gasteiger partial charge in [0.25, 0.3) is 5.91 Å². The Hall–Kier alpha value is -2.00. The van der Waals surface area contributed by atoms with Crippen molar-refractivity contribution < 1.29 is 23.8 Å². The average molecular weight is 414 g/mol. The molecule has 0 saturated carbocycles. The smallest absolute Gasteiger partial charge is 0.251 e. The van der Waals surface area contributed by atoms with Crippen molar-refractivity contribution in [2.75, 3.05) is 46.6 Å². The van der Waals surface area contributed by atoms with E-state index in [-0.39, 0.29) is 38.1 Å². The first-order chi connectivity index (χ1) is 14.0. The molecule has 0 saturated heterocycles. The van der Waals surface area contributed by atoms with Gasteiger partial charge in [-0.25, -0.2) is 0 Å². The second-order valence-corrected chi connectivity index (χ2v) is 5.36. The first kappa shape index (κ1) is 29.2. The summed E-state index contributed by atoms with van der Waals surface area (Å²) in [6.07, 6.45) is -0.631. The number of hydrogen-bond donors (Lipinski definition) is 3. The molecule has 0 aliphatic carbocycles. The maximum Gasteiger partial charge on any atom is 0.251 e. The molecule has 0 aliphatic rings. The van der Waals surface area contributed by atoms with Crippen LogP contribution in [-0.4, -0.2) is 64.5 Å². The van der Waals surface area contributed by atoms with E-state index in [1.165, 1.54) is 6.92 Å². The van der Waals surface area contributed by atoms with Gasteiger partial charge in [0.15, 0.2) is 5.78 Å². The van der Waals surface area contributed by atoms with E-state index in [4.69, 9.17) is 19.9 Å². The van der Waals surface area contributed by atoms with Gasteiger partial charge in [0.1, 0.15) is 25.2 Å². The van der Waals surface area contributed by atoms with Gasteiger partial charge >= 0.3 is 0 Å². The molecule has 1 rings (SSSR count). The summed E-state index contributed by atoms with van der Waals surface area (Å²) in [5, 5.41) is 5.75. The lowest BCUT2D eigenvalue weighted by atomic mass is 10.2. The van der Waals surface area contributed by atoms with E-state index in [0.29, 0.717) is 24.4 Å². The van der Waals surface area contributed by atoms with E-state index in [2.05, 4.69) is 10.6 Å². The highest BCUT2D eigenvalue weighted by Crippen LogP contribution is 2.13. The molecule has 1 amide bonds. The monoisotopic (exact) mass is 413 g/mol. The number of carbonyl (C=O) groups is 2. The third-order valence-corrected chi connectivity index (χ3v) is 3.04. The van der Waals surface area contributed by atoms with Crippen LogP contribution in [0, 0.1) is 0 Å². The highest BCUT2D eigenvalue weighted by molar-refractivity contribution is 5.94. The van der Waals surface area contributed by atoms with Crippen molar-refractivity contribution in [3.8, 4) is 5.75 Å². The van der Waals surface area contributed by atoms with Crippen LogP contribution in [0.4, 0.5) is 0 Å². The Bertz CT molecular complexity index is 541. The predicted octanol–water partition coefficient (Wildman–Crippen LogP) is 1.97. The van der Waals surface area contributed by atoms with Crippen LogP contribution in [0.3, 0.4) is 0 Å². The summed E-state index contributed by atoms with van der Waals surface area (Å²) in [4.78, 5) is 22.7. The van der Waals surface area contributed by atoms with Crippen LogP contribution in [0.5, 0.6) is 5.75 Å². The number of nitrogens with two attached hydrogens (primary N) is 1. The number of ether oxygens (including phenoxy) is 3. The van der Waals surface area contributed by atoms with Crippen molar-refractivity contribution in [3.05, 3.63) is 29.8 Å². The molecule has 1 atom stereocenters. The number of hydrogen-bond acceptors (Lipinski definition) is 7. The summed E-state index contributed by atoms with van der Waals surface area (Å²) < 4.78 is 15.9. The van der Waals surface area contributed by atoms with Gasteiger partial charge in [0.2, 0.25) is 0 Å². The van der Waals surface area contributed by atoms with Crippen molar-refractivity contribution in [1.82, 2.24) is 10.6 Å². The molecule has 8 heteroatoms. The third-order valence-electron chi connectivity index (χ3n) is 3.04. The zero-order valence-electron chi connectivity index (χ0n) is 18.7. The first-order valence-electron chi connectivity index (χ1n) is 10.1. The van der Waals surface area contributed by atoms with Gasteiger partial charge in [0, 0.05) is 18.7 Å². The highest BCUT2D eigenvalue weighted by Gasteiger charge is 2.08. The molecule has 4 N–H and O–H groups in total. The van der Waals surface area contributed by atoms with Gasteiger partial charge < -0.3 is 30.6 Å². The molecule has 0 radical (unpaired) electrons. The zero-order valence-corrected chi connectivity index (χ0v) is 18.7. The van der Waals surface area contributed by atoms with Crippen molar-refractivity contribution >= 4 is 11.7 Å². The minimum Gasteiger partial charge on any atom is -0.489 e. The topological polar surface area (TPSA) is 112 Å². The summed E-state index contributed by atoms with van der Waals surface area (Å²) in [6.45, 7) is 11.5. The Morgan fingerprint density at radius 3 is 2.41 bits per heavy atom. The van der Waals surface area contributed by atoms with Crippen molar-refractivity contribution in [2.45, 2.75) is 40.8 Å². The van der Waals surface area contributed by atoms with Crippen LogP contribution in [0.2, 0.25) is 0 Å². The van der Waals surface area contributed by atoms with Crippen molar-refractivity contribution in [2.24, 2.45) is 5.73 Å². The van der Waals surface area contributed by atoms with E-state index in [0.717, 1.165) is 0 Å². The molecule has 1 unspecified atom stereocenters. The second-order valence-electron chi connectivity index (χ2n) is 5.36. The Morgan fingerprint density at radius 2 is 1.79 bits per heavy atom. The number of benzene rings is 1. The zero-order chi connectivity index (χ0) is 22.5. The SMILES string of the molecule is CC.CC.CNCCNC(=O)c1cccc(OCC(N)OCCOCC(C)=O)c1. The molecule has 8 nitrogen and oxygen atoms in total. The third kappa shape index (κ3) is 16.6. The molecular weight excluding hydrogens is 374 g/mol. The summed E-state index contributed by atoms with van der Waals surface area (Å²) in [7, 11) is 1.82. The lowest BCUT2D eigenvalue weighted by Crippen LogP contribution is -2.32. The Balaban J connectivity index is 0. The first-order valence-corrected chi connectivity index (χ1v) is 10.1. The molecule has 0 fully saturated rings. The summed E-state index contributed by atoms with van der Waals surface area (Å²) in [5.41, 5.74) is 6.30. The van der Waals surface area contributed by atoms with E-state index in [1.807, 2.05) is 34.7 Å². The van der Waals surface area contributed by atoms with Crippen LogP contribution in [-0.2, 0) is 14.3 Å². The predicted molar refractivity (Wildman–Crippen MR) is 116 cm³/mol. The quantitative estimate of drug-likeness (QED) is 0.335. The Kier molecular flexibility index (Phi) is 20.9. The molecule has 0 aromatic heterocycles. The minimum atomic E-state index is -0.631. The second kappa shape index (κ2) is 20.7. The van der Waals surface area contributed by atoms with E-state index >= 15 is 0 Å². The van der Waals surface area contributed by atoms with Gasteiger partial charge in [-0.1, -0.05) is 33.8 Å². The average Bonchev–Trinajstić information content (AvgIpc) is 2.75. The molecule has 0 heterocycles. The van der Waals surface area contributed by atoms with Crippen molar-refractivity contribution in [1.29, 1.82) is 0 Å². The number of likely N-dealkylation sites (N-methyl/N-ethyl adjacent to an activating group) is 1. The standard InChI is InChI=1S/C17H27N3O5.2C2H6/c1-13(21)11-23-8-9-24-16(18)12-25-15-5-3-4-14(10-15)17(22)20-7-6-19-2;2*1-2/h3-5,10,16,19H,6-9,11-12,18H2,1-2H3,(H,20,22);2*1-2H3. The lowest BCUT2D eigenvalue weighted by molar-refractivity contribution is -0.122. The fourth-order valence-electron chi connectivity index (χ4n) is 1.83. The molecule has 0 aliphatic heterocycles.